The molecule has 3 N–H and O–H groups in total. The number of hydrogen-bond acceptors (Lipinski definition) is 4. The topological polar surface area (TPSA) is 85.1 Å². The van der Waals surface area contributed by atoms with Crippen LogP contribution in [0.1, 0.15) is 5.56 Å². The van der Waals surface area contributed by atoms with Crippen molar-refractivity contribution in [2.45, 2.75) is 11.8 Å². The van der Waals surface area contributed by atoms with Crippen LogP contribution < -0.4 is 10.5 Å². The van der Waals surface area contributed by atoms with Crippen LogP contribution in [0.2, 0.25) is 0 Å². The lowest BCUT2D eigenvalue weighted by atomic mass is 10.3. The lowest BCUT2D eigenvalue weighted by molar-refractivity contribution is 0.570. The van der Waals surface area contributed by atoms with Gasteiger partial charge in [0, 0.05) is 22.6 Å². The Bertz CT molecular complexity index is 765. The van der Waals surface area contributed by atoms with Crippen LogP contribution in [0.4, 0.5) is 15.8 Å². The molecule has 8 heteroatoms. The van der Waals surface area contributed by atoms with Crippen LogP contribution in [-0.4, -0.2) is 13.4 Å². The molecule has 0 bridgehead atoms. The first-order valence-corrected chi connectivity index (χ1v) is 7.77. The molecule has 0 aliphatic heterocycles. The number of rotatable bonds is 3. The standard InChI is InChI=1S/C12H11BrFN3O2S/c1-7-6-16-3-2-11(7)17-20(18,19)12-5-10(15)8(13)4-9(12)14/h2-6H,15H2,1H3,(H,16,17). The van der Waals surface area contributed by atoms with Crippen molar-refractivity contribution in [1.29, 1.82) is 0 Å². The predicted molar refractivity (Wildman–Crippen MR) is 78.3 cm³/mol. The molecule has 0 fully saturated rings. The second kappa shape index (κ2) is 5.37. The van der Waals surface area contributed by atoms with Gasteiger partial charge in [-0.05, 0) is 46.6 Å². The maximum absolute atomic E-state index is 13.8. The second-order valence-corrected chi connectivity index (χ2v) is 6.61. The normalized spacial score (nSPS) is 11.3. The number of pyridine rings is 1. The smallest absolute Gasteiger partial charge is 0.264 e. The molecule has 1 heterocycles. The van der Waals surface area contributed by atoms with Crippen molar-refractivity contribution < 1.29 is 12.8 Å². The van der Waals surface area contributed by atoms with Crippen molar-refractivity contribution in [2.24, 2.45) is 0 Å². The zero-order valence-electron chi connectivity index (χ0n) is 10.4. The highest BCUT2D eigenvalue weighted by atomic mass is 79.9. The van der Waals surface area contributed by atoms with Crippen molar-refractivity contribution in [2.75, 3.05) is 10.5 Å². The third-order valence-corrected chi connectivity index (χ3v) is 4.67. The van der Waals surface area contributed by atoms with Crippen LogP contribution in [0, 0.1) is 12.7 Å². The van der Waals surface area contributed by atoms with Crippen molar-refractivity contribution in [3.8, 4) is 0 Å². The van der Waals surface area contributed by atoms with E-state index in [9.17, 15) is 12.8 Å². The number of anilines is 2. The Morgan fingerprint density at radius 1 is 1.40 bits per heavy atom. The largest absolute Gasteiger partial charge is 0.398 e. The summed E-state index contributed by atoms with van der Waals surface area (Å²) in [5.41, 5.74) is 6.69. The summed E-state index contributed by atoms with van der Waals surface area (Å²) >= 11 is 3.04. The van der Waals surface area contributed by atoms with Gasteiger partial charge in [0.05, 0.1) is 5.69 Å². The fourth-order valence-electron chi connectivity index (χ4n) is 1.54. The van der Waals surface area contributed by atoms with Crippen molar-refractivity contribution >= 4 is 37.3 Å². The minimum Gasteiger partial charge on any atom is -0.398 e. The van der Waals surface area contributed by atoms with Crippen molar-refractivity contribution in [1.82, 2.24) is 4.98 Å². The van der Waals surface area contributed by atoms with Gasteiger partial charge in [-0.15, -0.1) is 0 Å². The van der Waals surface area contributed by atoms with E-state index in [-0.39, 0.29) is 5.69 Å². The van der Waals surface area contributed by atoms with E-state index in [4.69, 9.17) is 5.73 Å². The quantitative estimate of drug-likeness (QED) is 0.825. The van der Waals surface area contributed by atoms with Gasteiger partial charge >= 0.3 is 0 Å². The first kappa shape index (κ1) is 14.7. The summed E-state index contributed by atoms with van der Waals surface area (Å²) < 4.78 is 40.8. The van der Waals surface area contributed by atoms with E-state index in [1.807, 2.05) is 0 Å². The average Bonchev–Trinajstić information content (AvgIpc) is 2.36. The van der Waals surface area contributed by atoms with E-state index in [0.29, 0.717) is 15.7 Å². The number of nitrogens with zero attached hydrogens (tertiary/aromatic N) is 1. The third kappa shape index (κ3) is 2.91. The molecule has 5 nitrogen and oxygen atoms in total. The maximum Gasteiger partial charge on any atom is 0.264 e. The first-order chi connectivity index (χ1) is 9.31. The molecule has 0 aliphatic rings. The number of sulfonamides is 1. The maximum atomic E-state index is 13.8. The molecule has 0 radical (unpaired) electrons. The highest BCUT2D eigenvalue weighted by molar-refractivity contribution is 9.10. The molecule has 0 saturated carbocycles. The molecule has 20 heavy (non-hydrogen) atoms. The predicted octanol–water partition coefficient (Wildman–Crippen LogP) is 2.67. The SMILES string of the molecule is Cc1cnccc1NS(=O)(=O)c1cc(N)c(Br)cc1F. The minimum absolute atomic E-state index is 0.137. The van der Waals surface area contributed by atoms with Crippen molar-refractivity contribution in [3.63, 3.8) is 0 Å². The Labute approximate surface area is 124 Å². The van der Waals surface area contributed by atoms with Gasteiger partial charge in [0.1, 0.15) is 10.7 Å². The summed E-state index contributed by atoms with van der Waals surface area (Å²) in [6, 6.07) is 3.58. The molecule has 0 aliphatic carbocycles. The van der Waals surface area contributed by atoms with Crippen LogP contribution in [0.15, 0.2) is 40.0 Å². The highest BCUT2D eigenvalue weighted by Gasteiger charge is 2.21. The number of nitrogen functional groups attached to an aromatic ring is 1. The minimum atomic E-state index is -4.06. The van der Waals surface area contributed by atoms with Gasteiger partial charge in [-0.25, -0.2) is 12.8 Å². The molecule has 2 aromatic rings. The summed E-state index contributed by atoms with van der Waals surface area (Å²) in [5.74, 6) is -0.884. The van der Waals surface area contributed by atoms with Gasteiger partial charge in [-0.1, -0.05) is 0 Å². The zero-order valence-corrected chi connectivity index (χ0v) is 12.8. The van der Waals surface area contributed by atoms with E-state index in [2.05, 4.69) is 25.6 Å². The van der Waals surface area contributed by atoms with Crippen LogP contribution in [0.3, 0.4) is 0 Å². The van der Waals surface area contributed by atoms with Gasteiger partial charge in [-0.3, -0.25) is 9.71 Å². The number of nitrogens with two attached hydrogens (primary N) is 1. The molecular weight excluding hydrogens is 349 g/mol. The lowest BCUT2D eigenvalue weighted by Gasteiger charge is -2.11. The number of aryl methyl sites for hydroxylation is 1. The fourth-order valence-corrected chi connectivity index (χ4v) is 3.08. The number of benzene rings is 1. The molecule has 0 unspecified atom stereocenters. The first-order valence-electron chi connectivity index (χ1n) is 5.49. The molecule has 106 valence electrons. The van der Waals surface area contributed by atoms with E-state index in [1.54, 1.807) is 6.92 Å². The average molecular weight is 360 g/mol. The summed E-state index contributed by atoms with van der Waals surface area (Å²) in [4.78, 5) is 3.35. The second-order valence-electron chi connectivity index (χ2n) is 4.10. The van der Waals surface area contributed by atoms with Gasteiger partial charge in [0.15, 0.2) is 0 Å². The summed E-state index contributed by atoms with van der Waals surface area (Å²) in [6.07, 6.45) is 2.95. The molecular formula is C12H11BrFN3O2S. The molecule has 0 saturated heterocycles. The highest BCUT2D eigenvalue weighted by Crippen LogP contribution is 2.27. The van der Waals surface area contributed by atoms with E-state index >= 15 is 0 Å². The molecule has 0 atom stereocenters. The molecule has 1 aromatic carbocycles. The summed E-state index contributed by atoms with van der Waals surface area (Å²) in [6.45, 7) is 1.69. The fraction of sp³-hybridized carbons (Fsp3) is 0.0833. The third-order valence-electron chi connectivity index (χ3n) is 2.61. The van der Waals surface area contributed by atoms with Crippen molar-refractivity contribution in [3.05, 3.63) is 46.4 Å². The van der Waals surface area contributed by atoms with Gasteiger partial charge in [-0.2, -0.15) is 0 Å². The van der Waals surface area contributed by atoms with Crippen LogP contribution in [0.5, 0.6) is 0 Å². The number of halogens is 2. The van der Waals surface area contributed by atoms with Crippen LogP contribution in [0.25, 0.3) is 0 Å². The number of hydrogen-bond donors (Lipinski definition) is 2. The molecule has 0 spiro atoms. The Balaban J connectivity index is 2.47. The lowest BCUT2D eigenvalue weighted by Crippen LogP contribution is -2.16. The number of aromatic nitrogens is 1. The Morgan fingerprint density at radius 2 is 2.10 bits per heavy atom. The van der Waals surface area contributed by atoms with E-state index in [1.165, 1.54) is 18.5 Å². The van der Waals surface area contributed by atoms with Crippen LogP contribution >= 0.6 is 15.9 Å². The number of nitrogens with one attached hydrogen (secondary N) is 1. The van der Waals surface area contributed by atoms with E-state index < -0.39 is 20.7 Å². The monoisotopic (exact) mass is 359 g/mol. The summed E-state index contributed by atoms with van der Waals surface area (Å²) in [5, 5.41) is 0. The molecule has 2 rings (SSSR count). The van der Waals surface area contributed by atoms with Gasteiger partial charge in [0.2, 0.25) is 0 Å². The Hall–Kier alpha value is -1.67. The van der Waals surface area contributed by atoms with Crippen LogP contribution in [-0.2, 0) is 10.0 Å². The van der Waals surface area contributed by atoms with E-state index in [0.717, 1.165) is 12.1 Å². The molecule has 1 aromatic heterocycles. The van der Waals surface area contributed by atoms with Gasteiger partial charge < -0.3 is 5.73 Å². The van der Waals surface area contributed by atoms with Gasteiger partial charge in [0.25, 0.3) is 10.0 Å². The molecule has 0 amide bonds. The Kier molecular flexibility index (Phi) is 3.96. The zero-order chi connectivity index (χ0) is 14.9. The Morgan fingerprint density at radius 3 is 2.75 bits per heavy atom. The summed E-state index contributed by atoms with van der Waals surface area (Å²) in [7, 11) is -4.06.